The van der Waals surface area contributed by atoms with E-state index in [1.807, 2.05) is 19.6 Å². The summed E-state index contributed by atoms with van der Waals surface area (Å²) in [6.45, 7) is 9.04. The monoisotopic (exact) mass is 272 g/mol. The van der Waals surface area contributed by atoms with Crippen LogP contribution < -0.4 is 0 Å². The molecule has 0 aliphatic heterocycles. The maximum atomic E-state index is 11.6. The quantitative estimate of drug-likeness (QED) is 0.353. The van der Waals surface area contributed by atoms with E-state index in [0.717, 1.165) is 0 Å². The van der Waals surface area contributed by atoms with Gasteiger partial charge in [-0.25, -0.2) is 9.59 Å². The van der Waals surface area contributed by atoms with Gasteiger partial charge in [-0.1, -0.05) is 25.6 Å². The van der Waals surface area contributed by atoms with Gasteiger partial charge in [0.25, 0.3) is 0 Å². The minimum Gasteiger partial charge on any atom is -0.463 e. The van der Waals surface area contributed by atoms with E-state index >= 15 is 0 Å². The van der Waals surface area contributed by atoms with Crippen LogP contribution in [0.1, 0.15) is 13.8 Å². The summed E-state index contributed by atoms with van der Waals surface area (Å²) in [6.07, 6.45) is 0. The van der Waals surface area contributed by atoms with Crippen molar-refractivity contribution in [1.29, 1.82) is 0 Å². The van der Waals surface area contributed by atoms with Gasteiger partial charge in [0.2, 0.25) is 0 Å². The highest BCUT2D eigenvalue weighted by atomic mass is 28.3. The Labute approximate surface area is 108 Å². The molecule has 0 aromatic rings. The molecule has 0 amide bonds. The first-order chi connectivity index (χ1) is 8.17. The molecule has 0 aliphatic carbocycles. The first kappa shape index (κ1) is 16.7. The molecule has 1 N–H and O–H groups in total. The Kier molecular flexibility index (Phi) is 6.08. The molecule has 0 radical (unpaired) electrons. The van der Waals surface area contributed by atoms with Crippen molar-refractivity contribution < 1.29 is 24.2 Å². The van der Waals surface area contributed by atoms with Gasteiger partial charge in [0.05, 0.1) is 13.2 Å². The number of hydrogen-bond acceptors (Lipinski definition) is 5. The van der Waals surface area contributed by atoms with Crippen LogP contribution in [0.15, 0.2) is 0 Å². The van der Waals surface area contributed by atoms with Gasteiger partial charge in [0.15, 0.2) is 0 Å². The normalized spacial score (nSPS) is 11.2. The molecule has 0 aromatic heterocycles. The average Bonchev–Trinajstić information content (AvgIpc) is 2.25. The zero-order valence-corrected chi connectivity index (χ0v) is 12.5. The highest BCUT2D eigenvalue weighted by molar-refractivity contribution is 6.83. The zero-order chi connectivity index (χ0) is 14.4. The molecular weight excluding hydrogens is 252 g/mol. The van der Waals surface area contributed by atoms with Crippen molar-refractivity contribution in [3.63, 3.8) is 0 Å². The van der Waals surface area contributed by atoms with Gasteiger partial charge in [-0.15, -0.1) is 5.54 Å². The topological polar surface area (TPSA) is 72.8 Å². The van der Waals surface area contributed by atoms with E-state index in [-0.39, 0.29) is 13.2 Å². The zero-order valence-electron chi connectivity index (χ0n) is 11.5. The summed E-state index contributed by atoms with van der Waals surface area (Å²) in [4.78, 5) is 23.3. The van der Waals surface area contributed by atoms with Crippen LogP contribution in [0.4, 0.5) is 0 Å². The van der Waals surface area contributed by atoms with Gasteiger partial charge in [-0.2, -0.15) is 0 Å². The first-order valence-corrected chi connectivity index (χ1v) is 9.28. The number of rotatable bonds is 4. The number of carbonyl (C=O) groups excluding carboxylic acids is 2. The molecule has 5 nitrogen and oxygen atoms in total. The molecule has 102 valence electrons. The van der Waals surface area contributed by atoms with E-state index in [1.54, 1.807) is 13.8 Å². The van der Waals surface area contributed by atoms with Crippen LogP contribution in [0, 0.1) is 11.5 Å². The second-order valence-electron chi connectivity index (χ2n) is 4.65. The first-order valence-electron chi connectivity index (χ1n) is 5.78. The van der Waals surface area contributed by atoms with Crippen LogP contribution in [0.5, 0.6) is 0 Å². The minimum absolute atomic E-state index is 0.0508. The summed E-state index contributed by atoms with van der Waals surface area (Å²) in [5.41, 5.74) is 0.257. The van der Waals surface area contributed by atoms with Crippen molar-refractivity contribution in [2.24, 2.45) is 0 Å². The highest BCUT2D eigenvalue weighted by Gasteiger charge is 2.46. The summed E-state index contributed by atoms with van der Waals surface area (Å²) in [5.74, 6) is 0.146. The fourth-order valence-electron chi connectivity index (χ4n) is 0.934. The van der Waals surface area contributed by atoms with Gasteiger partial charge in [-0.05, 0) is 13.8 Å². The third-order valence-electron chi connectivity index (χ3n) is 1.76. The van der Waals surface area contributed by atoms with E-state index in [0.29, 0.717) is 0 Å². The Morgan fingerprint density at radius 3 is 1.78 bits per heavy atom. The van der Waals surface area contributed by atoms with Gasteiger partial charge in [0, 0.05) is 0 Å². The molecule has 0 spiro atoms. The molecular formula is C12H20O5Si. The number of carbonyl (C=O) groups is 2. The Bertz CT molecular complexity index is 354. The fourth-order valence-corrected chi connectivity index (χ4v) is 1.49. The van der Waals surface area contributed by atoms with Crippen LogP contribution in [0.25, 0.3) is 0 Å². The van der Waals surface area contributed by atoms with Crippen molar-refractivity contribution in [3.05, 3.63) is 0 Å². The van der Waals surface area contributed by atoms with E-state index in [1.165, 1.54) is 0 Å². The SMILES string of the molecule is CCOC(=O)C(O)(C#C[Si](C)(C)C)C(=O)OCC. The summed E-state index contributed by atoms with van der Waals surface area (Å²) in [6, 6.07) is 0. The fraction of sp³-hybridized carbons (Fsp3) is 0.667. The van der Waals surface area contributed by atoms with Gasteiger partial charge < -0.3 is 14.6 Å². The van der Waals surface area contributed by atoms with Crippen molar-refractivity contribution in [2.75, 3.05) is 13.2 Å². The van der Waals surface area contributed by atoms with E-state index in [4.69, 9.17) is 0 Å². The number of aliphatic hydroxyl groups is 1. The molecule has 0 aromatic carbocycles. The lowest BCUT2D eigenvalue weighted by Crippen LogP contribution is -2.48. The van der Waals surface area contributed by atoms with E-state index < -0.39 is 25.6 Å². The minimum atomic E-state index is -2.52. The molecule has 0 rings (SSSR count). The van der Waals surface area contributed by atoms with Gasteiger partial charge in [0.1, 0.15) is 8.07 Å². The van der Waals surface area contributed by atoms with Crippen LogP contribution in [-0.4, -0.2) is 43.9 Å². The van der Waals surface area contributed by atoms with Crippen LogP contribution in [-0.2, 0) is 19.1 Å². The molecule has 0 heterocycles. The summed E-state index contributed by atoms with van der Waals surface area (Å²) < 4.78 is 9.33. The second kappa shape index (κ2) is 6.57. The van der Waals surface area contributed by atoms with Crippen molar-refractivity contribution in [3.8, 4) is 11.5 Å². The van der Waals surface area contributed by atoms with Crippen LogP contribution in [0.3, 0.4) is 0 Å². The lowest BCUT2D eigenvalue weighted by molar-refractivity contribution is -0.176. The molecule has 0 saturated heterocycles. The molecule has 18 heavy (non-hydrogen) atoms. The largest absolute Gasteiger partial charge is 0.463 e. The number of hydrogen-bond donors (Lipinski definition) is 1. The van der Waals surface area contributed by atoms with Crippen LogP contribution >= 0.6 is 0 Å². The molecule has 6 heteroatoms. The second-order valence-corrected chi connectivity index (χ2v) is 9.40. The Morgan fingerprint density at radius 2 is 1.50 bits per heavy atom. The third-order valence-corrected chi connectivity index (χ3v) is 2.64. The smallest absolute Gasteiger partial charge is 0.363 e. The molecule has 0 aliphatic rings. The molecule has 0 saturated carbocycles. The Hall–Kier alpha value is -1.32. The van der Waals surface area contributed by atoms with Crippen molar-refractivity contribution >= 4 is 20.0 Å². The number of esters is 2. The summed E-state index contributed by atoms with van der Waals surface area (Å²) in [5, 5.41) is 10.1. The number of ether oxygens (including phenoxy) is 2. The predicted molar refractivity (Wildman–Crippen MR) is 69.3 cm³/mol. The van der Waals surface area contributed by atoms with Crippen molar-refractivity contribution in [2.45, 2.75) is 39.1 Å². The maximum Gasteiger partial charge on any atom is 0.363 e. The van der Waals surface area contributed by atoms with Gasteiger partial charge >= 0.3 is 17.5 Å². The lowest BCUT2D eigenvalue weighted by Gasteiger charge is -2.18. The maximum absolute atomic E-state index is 11.6. The molecule has 0 unspecified atom stereocenters. The van der Waals surface area contributed by atoms with Crippen LogP contribution in [0.2, 0.25) is 19.6 Å². The molecule has 0 bridgehead atoms. The van der Waals surface area contributed by atoms with Crippen molar-refractivity contribution in [1.82, 2.24) is 0 Å². The van der Waals surface area contributed by atoms with E-state index in [2.05, 4.69) is 20.9 Å². The average molecular weight is 272 g/mol. The predicted octanol–water partition coefficient (Wildman–Crippen LogP) is 0.724. The highest BCUT2D eigenvalue weighted by Crippen LogP contribution is 2.11. The Balaban J connectivity index is 5.33. The summed E-state index contributed by atoms with van der Waals surface area (Å²) in [7, 11) is -1.84. The molecule has 0 fully saturated rings. The standard InChI is InChI=1S/C12H20O5Si/c1-6-16-10(13)12(15,11(14)17-7-2)8-9-18(3,4)5/h15H,6-7H2,1-5H3. The third kappa shape index (κ3) is 4.90. The van der Waals surface area contributed by atoms with Gasteiger partial charge in [-0.3, -0.25) is 0 Å². The Morgan fingerprint density at radius 1 is 1.11 bits per heavy atom. The summed E-state index contributed by atoms with van der Waals surface area (Å²) >= 11 is 0. The molecule has 0 atom stereocenters. The lowest BCUT2D eigenvalue weighted by atomic mass is 10.1. The van der Waals surface area contributed by atoms with E-state index in [9.17, 15) is 14.7 Å².